The van der Waals surface area contributed by atoms with Crippen molar-refractivity contribution in [2.75, 3.05) is 13.2 Å². The van der Waals surface area contributed by atoms with Crippen molar-refractivity contribution in [1.29, 1.82) is 0 Å². The fourth-order valence-electron chi connectivity index (χ4n) is 2.96. The molecular formula is C15H21NO. The third kappa shape index (κ3) is 2.24. The number of nitrogens with one attached hydrogen (secondary N) is 1. The van der Waals surface area contributed by atoms with Crippen molar-refractivity contribution in [3.8, 4) is 0 Å². The summed E-state index contributed by atoms with van der Waals surface area (Å²) in [5.74, 6) is 0.748. The van der Waals surface area contributed by atoms with E-state index in [2.05, 4.69) is 36.5 Å². The average Bonchev–Trinajstić information content (AvgIpc) is 2.26. The molecule has 0 aromatic heterocycles. The lowest BCUT2D eigenvalue weighted by molar-refractivity contribution is -0.0101. The third-order valence-corrected chi connectivity index (χ3v) is 4.11. The first-order valence-electron chi connectivity index (χ1n) is 6.79. The molecule has 1 aromatic rings. The summed E-state index contributed by atoms with van der Waals surface area (Å²) < 4.78 is 5.57. The van der Waals surface area contributed by atoms with E-state index in [4.69, 9.17) is 4.74 Å². The largest absolute Gasteiger partial charge is 0.378 e. The molecule has 2 nitrogen and oxygen atoms in total. The lowest BCUT2D eigenvalue weighted by Crippen LogP contribution is -2.47. The molecule has 2 heteroatoms. The van der Waals surface area contributed by atoms with Crippen LogP contribution in [0.1, 0.15) is 36.8 Å². The van der Waals surface area contributed by atoms with Gasteiger partial charge in [-0.05, 0) is 37.3 Å². The molecule has 0 aliphatic heterocycles. The van der Waals surface area contributed by atoms with Crippen LogP contribution in [0.25, 0.3) is 0 Å². The van der Waals surface area contributed by atoms with Gasteiger partial charge in [-0.25, -0.2) is 0 Å². The minimum absolute atomic E-state index is 0.520. The fraction of sp³-hybridized carbons (Fsp3) is 0.600. The first-order chi connectivity index (χ1) is 8.36. The Kier molecular flexibility index (Phi) is 3.17. The molecule has 17 heavy (non-hydrogen) atoms. The van der Waals surface area contributed by atoms with Crippen LogP contribution in [0.2, 0.25) is 0 Å². The van der Waals surface area contributed by atoms with Gasteiger partial charge in [0.05, 0.1) is 6.10 Å². The molecule has 1 saturated carbocycles. The fourth-order valence-corrected chi connectivity index (χ4v) is 2.96. The third-order valence-electron chi connectivity index (χ3n) is 4.11. The van der Waals surface area contributed by atoms with Crippen LogP contribution < -0.4 is 5.32 Å². The minimum atomic E-state index is 0.520. The van der Waals surface area contributed by atoms with Crippen molar-refractivity contribution >= 4 is 0 Å². The van der Waals surface area contributed by atoms with Crippen molar-refractivity contribution in [2.45, 2.75) is 44.2 Å². The minimum Gasteiger partial charge on any atom is -0.378 e. The molecule has 2 aliphatic carbocycles. The van der Waals surface area contributed by atoms with E-state index in [-0.39, 0.29) is 0 Å². The Morgan fingerprint density at radius 3 is 2.88 bits per heavy atom. The molecule has 1 aromatic carbocycles. The van der Waals surface area contributed by atoms with Gasteiger partial charge in [-0.15, -0.1) is 0 Å². The summed E-state index contributed by atoms with van der Waals surface area (Å²) in [5.41, 5.74) is 3.10. The van der Waals surface area contributed by atoms with E-state index >= 15 is 0 Å². The van der Waals surface area contributed by atoms with Gasteiger partial charge in [0.1, 0.15) is 0 Å². The van der Waals surface area contributed by atoms with Crippen LogP contribution in [-0.2, 0) is 11.2 Å². The molecule has 1 fully saturated rings. The van der Waals surface area contributed by atoms with Gasteiger partial charge in [0.2, 0.25) is 0 Å². The lowest BCUT2D eigenvalue weighted by Gasteiger charge is -2.38. The molecule has 3 rings (SSSR count). The van der Waals surface area contributed by atoms with E-state index in [1.807, 2.05) is 0 Å². The Morgan fingerprint density at radius 2 is 2.12 bits per heavy atom. The Balaban J connectivity index is 1.40. The van der Waals surface area contributed by atoms with Gasteiger partial charge in [0.15, 0.2) is 0 Å². The molecule has 0 spiro atoms. The van der Waals surface area contributed by atoms with Gasteiger partial charge in [-0.3, -0.25) is 0 Å². The highest BCUT2D eigenvalue weighted by atomic mass is 16.5. The lowest BCUT2D eigenvalue weighted by atomic mass is 9.77. The van der Waals surface area contributed by atoms with E-state index < -0.39 is 0 Å². The number of hydrogen-bond donors (Lipinski definition) is 1. The van der Waals surface area contributed by atoms with E-state index in [1.165, 1.54) is 19.3 Å². The Morgan fingerprint density at radius 1 is 1.29 bits per heavy atom. The molecule has 0 saturated heterocycles. The van der Waals surface area contributed by atoms with Gasteiger partial charge in [-0.1, -0.05) is 24.3 Å². The van der Waals surface area contributed by atoms with Gasteiger partial charge in [-0.2, -0.15) is 0 Å². The second-order valence-corrected chi connectivity index (χ2v) is 5.25. The van der Waals surface area contributed by atoms with Crippen molar-refractivity contribution in [1.82, 2.24) is 5.32 Å². The van der Waals surface area contributed by atoms with Crippen LogP contribution in [0.15, 0.2) is 24.3 Å². The summed E-state index contributed by atoms with van der Waals surface area (Å²) in [5, 5.41) is 3.67. The monoisotopic (exact) mass is 231 g/mol. The number of fused-ring (bicyclic) bond motifs is 1. The first-order valence-corrected chi connectivity index (χ1v) is 6.79. The number of hydrogen-bond acceptors (Lipinski definition) is 2. The smallest absolute Gasteiger partial charge is 0.0604 e. The van der Waals surface area contributed by atoms with Crippen LogP contribution in [0.5, 0.6) is 0 Å². The van der Waals surface area contributed by atoms with Crippen LogP contribution in [0.4, 0.5) is 0 Å². The maximum Gasteiger partial charge on any atom is 0.0604 e. The maximum atomic E-state index is 5.57. The SMILES string of the molecule is CCOC1CC(NCC2Cc3ccccc32)C1. The van der Waals surface area contributed by atoms with Crippen LogP contribution in [0, 0.1) is 0 Å². The molecule has 92 valence electrons. The van der Waals surface area contributed by atoms with Crippen LogP contribution >= 0.6 is 0 Å². The Labute approximate surface area is 103 Å². The zero-order chi connectivity index (χ0) is 11.7. The average molecular weight is 231 g/mol. The molecule has 0 bridgehead atoms. The number of rotatable bonds is 5. The standard InChI is InChI=1S/C15H21NO/c1-2-17-14-8-13(9-14)16-10-12-7-11-5-3-4-6-15(11)12/h3-6,12-14,16H,2,7-10H2,1H3. The summed E-state index contributed by atoms with van der Waals surface area (Å²) >= 11 is 0. The van der Waals surface area contributed by atoms with Crippen LogP contribution in [-0.4, -0.2) is 25.3 Å². The van der Waals surface area contributed by atoms with E-state index in [0.29, 0.717) is 12.1 Å². The molecule has 1 unspecified atom stereocenters. The highest BCUT2D eigenvalue weighted by Gasteiger charge is 2.31. The zero-order valence-corrected chi connectivity index (χ0v) is 10.5. The first kappa shape index (κ1) is 11.2. The van der Waals surface area contributed by atoms with Gasteiger partial charge < -0.3 is 10.1 Å². The van der Waals surface area contributed by atoms with E-state index in [0.717, 1.165) is 19.1 Å². The van der Waals surface area contributed by atoms with Crippen molar-refractivity contribution in [2.24, 2.45) is 0 Å². The van der Waals surface area contributed by atoms with E-state index in [1.54, 1.807) is 11.1 Å². The summed E-state index contributed by atoms with van der Waals surface area (Å²) in [6.45, 7) is 4.07. The van der Waals surface area contributed by atoms with Crippen molar-refractivity contribution in [3.63, 3.8) is 0 Å². The molecule has 2 aliphatic rings. The summed E-state index contributed by atoms with van der Waals surface area (Å²) in [4.78, 5) is 0. The Hall–Kier alpha value is -0.860. The second-order valence-electron chi connectivity index (χ2n) is 5.25. The second kappa shape index (κ2) is 4.79. The molecular weight excluding hydrogens is 210 g/mol. The summed E-state index contributed by atoms with van der Waals surface area (Å²) in [6.07, 6.45) is 4.17. The predicted molar refractivity (Wildman–Crippen MR) is 69.3 cm³/mol. The van der Waals surface area contributed by atoms with E-state index in [9.17, 15) is 0 Å². The molecule has 0 heterocycles. The van der Waals surface area contributed by atoms with Crippen molar-refractivity contribution in [3.05, 3.63) is 35.4 Å². The topological polar surface area (TPSA) is 21.3 Å². The quantitative estimate of drug-likeness (QED) is 0.840. The van der Waals surface area contributed by atoms with Gasteiger partial charge in [0, 0.05) is 25.1 Å². The summed E-state index contributed by atoms with van der Waals surface area (Å²) in [6, 6.07) is 9.51. The summed E-state index contributed by atoms with van der Waals surface area (Å²) in [7, 11) is 0. The highest BCUT2D eigenvalue weighted by molar-refractivity contribution is 5.40. The maximum absolute atomic E-state index is 5.57. The number of ether oxygens (including phenoxy) is 1. The van der Waals surface area contributed by atoms with Crippen LogP contribution in [0.3, 0.4) is 0 Å². The molecule has 0 radical (unpaired) electrons. The molecule has 1 atom stereocenters. The normalized spacial score (nSPS) is 30.3. The van der Waals surface area contributed by atoms with Gasteiger partial charge in [0.25, 0.3) is 0 Å². The van der Waals surface area contributed by atoms with Gasteiger partial charge >= 0.3 is 0 Å². The Bertz CT molecular complexity index is 384. The molecule has 0 amide bonds. The number of benzene rings is 1. The zero-order valence-electron chi connectivity index (χ0n) is 10.5. The predicted octanol–water partition coefficient (Wildman–Crippen LogP) is 2.48. The highest BCUT2D eigenvalue weighted by Crippen LogP contribution is 2.34. The molecule has 1 N–H and O–H groups in total. The van der Waals surface area contributed by atoms with Crippen molar-refractivity contribution < 1.29 is 4.74 Å².